The van der Waals surface area contributed by atoms with E-state index in [1.165, 1.54) is 23.9 Å². The largest absolute Gasteiger partial charge is 0.468 e. The van der Waals surface area contributed by atoms with Crippen LogP contribution in [0, 0.1) is 5.82 Å². The van der Waals surface area contributed by atoms with Gasteiger partial charge < -0.3 is 9.32 Å². The zero-order valence-electron chi connectivity index (χ0n) is 13.5. The van der Waals surface area contributed by atoms with Gasteiger partial charge in [-0.2, -0.15) is 0 Å². The number of carbonyl (C=O) groups excluding carboxylic acids is 1. The molecule has 1 aromatic carbocycles. The molecule has 0 aliphatic carbocycles. The van der Waals surface area contributed by atoms with Gasteiger partial charge in [0.2, 0.25) is 5.91 Å². The Labute approximate surface area is 145 Å². The number of nitrogens with zero attached hydrogens (tertiary/aromatic N) is 2. The summed E-state index contributed by atoms with van der Waals surface area (Å²) >= 11 is 1.46. The molecule has 1 saturated heterocycles. The number of benzene rings is 1. The normalized spacial score (nSPS) is 16.1. The average Bonchev–Trinajstić information content (AvgIpc) is 2.98. The fraction of sp³-hybridized carbons (Fsp3) is 0.389. The summed E-state index contributed by atoms with van der Waals surface area (Å²) in [5.74, 6) is 1.24. The third-order valence-corrected chi connectivity index (χ3v) is 5.07. The maximum atomic E-state index is 12.9. The first kappa shape index (κ1) is 17.0. The number of furan rings is 1. The van der Waals surface area contributed by atoms with Crippen molar-refractivity contribution < 1.29 is 13.6 Å². The van der Waals surface area contributed by atoms with Gasteiger partial charge in [0.05, 0.1) is 18.6 Å². The predicted molar refractivity (Wildman–Crippen MR) is 92.3 cm³/mol. The third kappa shape index (κ3) is 4.85. The molecule has 2 aromatic rings. The van der Waals surface area contributed by atoms with Crippen LogP contribution in [-0.2, 0) is 11.3 Å². The van der Waals surface area contributed by atoms with Crippen LogP contribution in [0.15, 0.2) is 52.0 Å². The number of hydrogen-bond donors (Lipinski definition) is 0. The molecule has 0 radical (unpaired) electrons. The molecule has 3 rings (SSSR count). The summed E-state index contributed by atoms with van der Waals surface area (Å²) in [7, 11) is 0. The summed E-state index contributed by atoms with van der Waals surface area (Å²) in [6.45, 7) is 4.14. The minimum absolute atomic E-state index is 0.143. The van der Waals surface area contributed by atoms with Crippen molar-refractivity contribution >= 4 is 17.7 Å². The maximum Gasteiger partial charge on any atom is 0.232 e. The van der Waals surface area contributed by atoms with Crippen LogP contribution >= 0.6 is 11.8 Å². The van der Waals surface area contributed by atoms with Crippen molar-refractivity contribution in [3.8, 4) is 0 Å². The summed E-state index contributed by atoms with van der Waals surface area (Å²) < 4.78 is 18.3. The Balaban J connectivity index is 1.46. The van der Waals surface area contributed by atoms with Crippen molar-refractivity contribution in [1.82, 2.24) is 9.80 Å². The lowest BCUT2D eigenvalue weighted by atomic mass is 10.3. The van der Waals surface area contributed by atoms with Crippen LogP contribution in [0.25, 0.3) is 0 Å². The molecule has 0 spiro atoms. The van der Waals surface area contributed by atoms with Crippen LogP contribution in [0.1, 0.15) is 12.2 Å². The minimum atomic E-state index is -0.255. The fourth-order valence-electron chi connectivity index (χ4n) is 2.77. The topological polar surface area (TPSA) is 36.7 Å². The molecule has 0 atom stereocenters. The molecule has 0 N–H and O–H groups in total. The first-order chi connectivity index (χ1) is 11.7. The highest BCUT2D eigenvalue weighted by Crippen LogP contribution is 2.19. The van der Waals surface area contributed by atoms with Gasteiger partial charge in [0.25, 0.3) is 0 Å². The van der Waals surface area contributed by atoms with Crippen LogP contribution in [0.4, 0.5) is 4.39 Å². The van der Waals surface area contributed by atoms with Gasteiger partial charge in [-0.25, -0.2) is 4.39 Å². The van der Waals surface area contributed by atoms with Gasteiger partial charge in [0.15, 0.2) is 0 Å². The number of hydrogen-bond acceptors (Lipinski definition) is 4. The molecule has 24 heavy (non-hydrogen) atoms. The van der Waals surface area contributed by atoms with E-state index in [4.69, 9.17) is 4.42 Å². The molecule has 1 amide bonds. The third-order valence-electron chi connectivity index (χ3n) is 4.08. The smallest absolute Gasteiger partial charge is 0.232 e. The second-order valence-corrected chi connectivity index (χ2v) is 6.88. The summed E-state index contributed by atoms with van der Waals surface area (Å²) in [5, 5.41) is 0. The zero-order chi connectivity index (χ0) is 16.8. The Morgan fingerprint density at radius 1 is 1.12 bits per heavy atom. The van der Waals surface area contributed by atoms with Gasteiger partial charge in [0, 0.05) is 31.1 Å². The van der Waals surface area contributed by atoms with E-state index >= 15 is 0 Å². The molecule has 0 bridgehead atoms. The highest BCUT2D eigenvalue weighted by Gasteiger charge is 2.19. The summed E-state index contributed by atoms with van der Waals surface area (Å²) in [5.41, 5.74) is 0. The van der Waals surface area contributed by atoms with E-state index in [-0.39, 0.29) is 11.7 Å². The average molecular weight is 348 g/mol. The molecular weight excluding hydrogens is 327 g/mol. The maximum absolute atomic E-state index is 12.9. The van der Waals surface area contributed by atoms with Crippen molar-refractivity contribution in [1.29, 1.82) is 0 Å². The summed E-state index contributed by atoms with van der Waals surface area (Å²) in [6, 6.07) is 10.1. The van der Waals surface area contributed by atoms with Crippen molar-refractivity contribution in [3.63, 3.8) is 0 Å². The Morgan fingerprint density at radius 3 is 2.71 bits per heavy atom. The predicted octanol–water partition coefficient (Wildman–Crippen LogP) is 3.25. The SMILES string of the molecule is O=C(CSc1ccc(F)cc1)N1CCCN(Cc2ccco2)CC1. The first-order valence-corrected chi connectivity index (χ1v) is 9.10. The molecule has 2 heterocycles. The van der Waals surface area contributed by atoms with Gasteiger partial charge in [-0.3, -0.25) is 9.69 Å². The number of carbonyl (C=O) groups is 1. The molecule has 1 fully saturated rings. The fourth-order valence-corrected chi connectivity index (χ4v) is 3.57. The van der Waals surface area contributed by atoms with Crippen molar-refractivity contribution in [3.05, 3.63) is 54.2 Å². The van der Waals surface area contributed by atoms with E-state index in [0.29, 0.717) is 5.75 Å². The summed E-state index contributed by atoms with van der Waals surface area (Å²) in [4.78, 5) is 17.6. The lowest BCUT2D eigenvalue weighted by molar-refractivity contribution is -0.128. The lowest BCUT2D eigenvalue weighted by Gasteiger charge is -2.21. The molecule has 0 unspecified atom stereocenters. The van der Waals surface area contributed by atoms with Crippen molar-refractivity contribution in [2.75, 3.05) is 31.9 Å². The van der Waals surface area contributed by atoms with Crippen LogP contribution in [0.2, 0.25) is 0 Å². The second-order valence-electron chi connectivity index (χ2n) is 5.83. The molecule has 1 aromatic heterocycles. The van der Waals surface area contributed by atoms with Gasteiger partial charge in [-0.15, -0.1) is 11.8 Å². The minimum Gasteiger partial charge on any atom is -0.468 e. The molecule has 6 heteroatoms. The molecular formula is C18H21FN2O2S. The molecule has 4 nitrogen and oxygen atoms in total. The second kappa shape index (κ2) is 8.35. The van der Waals surface area contributed by atoms with E-state index in [0.717, 1.165) is 49.8 Å². The number of halogens is 1. The van der Waals surface area contributed by atoms with E-state index in [1.807, 2.05) is 17.0 Å². The number of amides is 1. The molecule has 1 aliphatic heterocycles. The number of rotatable bonds is 5. The van der Waals surface area contributed by atoms with Crippen LogP contribution in [0.3, 0.4) is 0 Å². The quantitative estimate of drug-likeness (QED) is 0.778. The highest BCUT2D eigenvalue weighted by atomic mass is 32.2. The van der Waals surface area contributed by atoms with E-state index in [2.05, 4.69) is 4.90 Å². The van der Waals surface area contributed by atoms with Gasteiger partial charge >= 0.3 is 0 Å². The molecule has 128 valence electrons. The van der Waals surface area contributed by atoms with Crippen LogP contribution in [-0.4, -0.2) is 47.6 Å². The molecule has 1 aliphatic rings. The summed E-state index contributed by atoms with van der Waals surface area (Å²) in [6.07, 6.45) is 2.66. The van der Waals surface area contributed by atoms with Crippen molar-refractivity contribution in [2.45, 2.75) is 17.9 Å². The zero-order valence-corrected chi connectivity index (χ0v) is 14.3. The van der Waals surface area contributed by atoms with Gasteiger partial charge in [0.1, 0.15) is 11.6 Å². The van der Waals surface area contributed by atoms with E-state index in [1.54, 1.807) is 18.4 Å². The van der Waals surface area contributed by atoms with E-state index in [9.17, 15) is 9.18 Å². The van der Waals surface area contributed by atoms with Crippen molar-refractivity contribution in [2.24, 2.45) is 0 Å². The van der Waals surface area contributed by atoms with Crippen LogP contribution in [0.5, 0.6) is 0 Å². The Kier molecular flexibility index (Phi) is 5.93. The standard InChI is InChI=1S/C18H21FN2O2S/c19-15-4-6-17(7-5-15)24-14-18(22)21-9-2-8-20(10-11-21)13-16-3-1-12-23-16/h1,3-7,12H,2,8-11,13-14H2. The Morgan fingerprint density at radius 2 is 1.96 bits per heavy atom. The monoisotopic (exact) mass is 348 g/mol. The highest BCUT2D eigenvalue weighted by molar-refractivity contribution is 8.00. The Hall–Kier alpha value is -1.79. The Bertz CT molecular complexity index is 646. The number of thioether (sulfide) groups is 1. The van der Waals surface area contributed by atoms with Gasteiger partial charge in [-0.1, -0.05) is 0 Å². The van der Waals surface area contributed by atoms with Crippen LogP contribution < -0.4 is 0 Å². The van der Waals surface area contributed by atoms with E-state index < -0.39 is 0 Å². The first-order valence-electron chi connectivity index (χ1n) is 8.11. The molecule has 0 saturated carbocycles. The lowest BCUT2D eigenvalue weighted by Crippen LogP contribution is -2.36. The van der Waals surface area contributed by atoms with Gasteiger partial charge in [-0.05, 0) is 42.8 Å².